The van der Waals surface area contributed by atoms with Crippen LogP contribution >= 0.6 is 0 Å². The maximum atomic E-state index is 6.39. The Labute approximate surface area is 216 Å². The van der Waals surface area contributed by atoms with E-state index in [0.29, 0.717) is 0 Å². The number of rotatable bonds is 2. The molecule has 5 aromatic rings. The molecule has 1 N–H and O–H groups in total. The molecule has 2 aliphatic carbocycles. The number of para-hydroxylation sites is 2. The number of ether oxygens (including phenoxy) is 1. The van der Waals surface area contributed by atoms with E-state index in [1.54, 1.807) is 0 Å². The molecule has 2 heterocycles. The molecule has 8 rings (SSSR count). The van der Waals surface area contributed by atoms with Crippen LogP contribution in [0.5, 0.6) is 11.5 Å². The van der Waals surface area contributed by atoms with Crippen molar-refractivity contribution in [3.05, 3.63) is 126 Å². The van der Waals surface area contributed by atoms with E-state index in [1.165, 1.54) is 49.8 Å². The summed E-state index contributed by atoms with van der Waals surface area (Å²) < 4.78 is 6.39. The highest BCUT2D eigenvalue weighted by atomic mass is 16.5. The molecule has 0 radical (unpaired) electrons. The summed E-state index contributed by atoms with van der Waals surface area (Å²) in [5.41, 5.74) is 9.90. The van der Waals surface area contributed by atoms with E-state index < -0.39 is 0 Å². The molecule has 3 heteroatoms. The second-order valence-corrected chi connectivity index (χ2v) is 10.1. The number of fused-ring (bicyclic) bond motifs is 7. The van der Waals surface area contributed by atoms with E-state index >= 15 is 0 Å². The first-order valence-corrected chi connectivity index (χ1v) is 13.2. The van der Waals surface area contributed by atoms with Crippen LogP contribution in [0.3, 0.4) is 0 Å². The molecule has 1 aliphatic heterocycles. The SMILES string of the molecule is C1=CCCC(N2c3ccccc3Oc3ccc(C4=CCCc5c4[nH]c4ccc6ccccc6c54)cc32)=C1. The molecule has 0 unspecified atom stereocenters. The largest absolute Gasteiger partial charge is 0.453 e. The molecule has 4 aromatic carbocycles. The van der Waals surface area contributed by atoms with Gasteiger partial charge < -0.3 is 14.6 Å². The number of nitrogens with zero attached hydrogens (tertiary/aromatic N) is 1. The maximum Gasteiger partial charge on any atom is 0.151 e. The first-order chi connectivity index (χ1) is 18.3. The summed E-state index contributed by atoms with van der Waals surface area (Å²) in [4.78, 5) is 6.19. The second-order valence-electron chi connectivity index (χ2n) is 10.1. The lowest BCUT2D eigenvalue weighted by molar-refractivity contribution is 0.475. The normalized spacial score (nSPS) is 16.1. The maximum absolute atomic E-state index is 6.39. The van der Waals surface area contributed by atoms with Crippen LogP contribution in [0, 0.1) is 0 Å². The van der Waals surface area contributed by atoms with E-state index in [-0.39, 0.29) is 0 Å². The first-order valence-electron chi connectivity index (χ1n) is 13.2. The van der Waals surface area contributed by atoms with Gasteiger partial charge >= 0.3 is 0 Å². The number of hydrogen-bond donors (Lipinski definition) is 1. The average molecular weight is 479 g/mol. The van der Waals surface area contributed by atoms with Crippen LogP contribution < -0.4 is 9.64 Å². The third-order valence-electron chi connectivity index (χ3n) is 7.92. The average Bonchev–Trinajstić information content (AvgIpc) is 3.35. The Bertz CT molecular complexity index is 1820. The van der Waals surface area contributed by atoms with Gasteiger partial charge in [-0.05, 0) is 84.0 Å². The van der Waals surface area contributed by atoms with E-state index in [0.717, 1.165) is 48.6 Å². The predicted octanol–water partition coefficient (Wildman–Crippen LogP) is 9.18. The monoisotopic (exact) mass is 478 g/mol. The molecule has 3 nitrogen and oxygen atoms in total. The van der Waals surface area contributed by atoms with Gasteiger partial charge in [0.15, 0.2) is 11.5 Å². The van der Waals surface area contributed by atoms with Gasteiger partial charge in [-0.1, -0.05) is 66.8 Å². The zero-order valence-corrected chi connectivity index (χ0v) is 20.5. The molecule has 0 saturated carbocycles. The van der Waals surface area contributed by atoms with Crippen LogP contribution in [-0.2, 0) is 6.42 Å². The fourth-order valence-electron chi connectivity index (χ4n) is 6.25. The van der Waals surface area contributed by atoms with Crippen molar-refractivity contribution < 1.29 is 4.74 Å². The molecule has 0 spiro atoms. The summed E-state index contributed by atoms with van der Waals surface area (Å²) >= 11 is 0. The minimum atomic E-state index is 0.900. The summed E-state index contributed by atoms with van der Waals surface area (Å²) in [7, 11) is 0. The number of H-pyrrole nitrogens is 1. The van der Waals surface area contributed by atoms with Crippen molar-refractivity contribution in [1.29, 1.82) is 0 Å². The van der Waals surface area contributed by atoms with Gasteiger partial charge in [-0.3, -0.25) is 0 Å². The summed E-state index contributed by atoms with van der Waals surface area (Å²) in [6, 6.07) is 28.2. The van der Waals surface area contributed by atoms with Crippen molar-refractivity contribution >= 4 is 38.6 Å². The number of aromatic nitrogens is 1. The minimum Gasteiger partial charge on any atom is -0.453 e. The summed E-state index contributed by atoms with van der Waals surface area (Å²) in [5, 5.41) is 4.00. The van der Waals surface area contributed by atoms with Crippen LogP contribution in [0.4, 0.5) is 11.4 Å². The zero-order valence-electron chi connectivity index (χ0n) is 20.5. The standard InChI is InChI=1S/C34H26N2O/c1-2-10-24(11-3-1)36-29-15-6-7-16-31(29)37-32-20-18-23(21-30(32)36)26-13-8-14-27-33-25-12-5-4-9-22(25)17-19-28(33)35-34(26)27/h1-2,4-7,9-10,12-13,15-21,35H,3,8,11,14H2. The van der Waals surface area contributed by atoms with Gasteiger partial charge in [-0.15, -0.1) is 0 Å². The molecular weight excluding hydrogens is 452 g/mol. The van der Waals surface area contributed by atoms with E-state index in [1.807, 2.05) is 6.07 Å². The van der Waals surface area contributed by atoms with Crippen molar-refractivity contribution in [2.24, 2.45) is 0 Å². The molecule has 0 atom stereocenters. The minimum absolute atomic E-state index is 0.900. The number of anilines is 2. The van der Waals surface area contributed by atoms with Gasteiger partial charge in [-0.2, -0.15) is 0 Å². The van der Waals surface area contributed by atoms with Crippen LogP contribution in [0.25, 0.3) is 27.2 Å². The quantitative estimate of drug-likeness (QED) is 0.274. The van der Waals surface area contributed by atoms with E-state index in [2.05, 4.69) is 107 Å². The van der Waals surface area contributed by atoms with Crippen molar-refractivity contribution in [3.8, 4) is 11.5 Å². The molecule has 0 bridgehead atoms. The van der Waals surface area contributed by atoms with Crippen LogP contribution in [-0.4, -0.2) is 4.98 Å². The predicted molar refractivity (Wildman–Crippen MR) is 153 cm³/mol. The van der Waals surface area contributed by atoms with Crippen molar-refractivity contribution in [3.63, 3.8) is 0 Å². The lowest BCUT2D eigenvalue weighted by atomic mass is 9.89. The van der Waals surface area contributed by atoms with Gasteiger partial charge in [0.1, 0.15) is 0 Å². The number of allylic oxidation sites excluding steroid dienone is 5. The summed E-state index contributed by atoms with van der Waals surface area (Å²) in [6.07, 6.45) is 13.2. The number of aryl methyl sites for hydroxylation is 1. The van der Waals surface area contributed by atoms with Crippen LogP contribution in [0.1, 0.15) is 36.1 Å². The Hall–Kier alpha value is -4.50. The first kappa shape index (κ1) is 20.7. The fourth-order valence-corrected chi connectivity index (χ4v) is 6.25. The molecule has 0 fully saturated rings. The Morgan fingerprint density at radius 1 is 0.784 bits per heavy atom. The van der Waals surface area contributed by atoms with Gasteiger partial charge in [-0.25, -0.2) is 0 Å². The summed E-state index contributed by atoms with van der Waals surface area (Å²) in [5.74, 6) is 1.80. The number of nitrogens with one attached hydrogen (secondary N) is 1. The van der Waals surface area contributed by atoms with E-state index in [9.17, 15) is 0 Å². The highest BCUT2D eigenvalue weighted by Crippen LogP contribution is 2.50. The molecule has 37 heavy (non-hydrogen) atoms. The number of hydrogen-bond acceptors (Lipinski definition) is 2. The van der Waals surface area contributed by atoms with Crippen LogP contribution in [0.15, 0.2) is 109 Å². The fraction of sp³-hybridized carbons (Fsp3) is 0.118. The molecule has 0 saturated heterocycles. The smallest absolute Gasteiger partial charge is 0.151 e. The molecule has 178 valence electrons. The molecule has 0 amide bonds. The Kier molecular flexibility index (Phi) is 4.47. The highest BCUT2D eigenvalue weighted by Gasteiger charge is 2.28. The van der Waals surface area contributed by atoms with Gasteiger partial charge in [0.05, 0.1) is 17.1 Å². The zero-order chi connectivity index (χ0) is 24.3. The lowest BCUT2D eigenvalue weighted by Crippen LogP contribution is -2.21. The summed E-state index contributed by atoms with van der Waals surface area (Å²) in [6.45, 7) is 0. The van der Waals surface area contributed by atoms with Crippen molar-refractivity contribution in [1.82, 2.24) is 4.98 Å². The highest BCUT2D eigenvalue weighted by molar-refractivity contribution is 6.10. The molecule has 3 aliphatic rings. The van der Waals surface area contributed by atoms with Gasteiger partial charge in [0.25, 0.3) is 0 Å². The number of benzene rings is 4. The topological polar surface area (TPSA) is 28.3 Å². The van der Waals surface area contributed by atoms with Crippen molar-refractivity contribution in [2.45, 2.75) is 25.7 Å². The van der Waals surface area contributed by atoms with Crippen molar-refractivity contribution in [2.75, 3.05) is 4.90 Å². The van der Waals surface area contributed by atoms with E-state index in [4.69, 9.17) is 4.74 Å². The van der Waals surface area contributed by atoms with Gasteiger partial charge in [0, 0.05) is 22.2 Å². The lowest BCUT2D eigenvalue weighted by Gasteiger charge is -2.35. The second kappa shape index (κ2) is 8.01. The molecule has 1 aromatic heterocycles. The number of aromatic amines is 1. The van der Waals surface area contributed by atoms with Gasteiger partial charge in [0.2, 0.25) is 0 Å². The Morgan fingerprint density at radius 3 is 2.62 bits per heavy atom. The third kappa shape index (κ3) is 3.14. The molecular formula is C34H26N2O. The third-order valence-corrected chi connectivity index (χ3v) is 7.92. The Morgan fingerprint density at radius 2 is 1.68 bits per heavy atom. The van der Waals surface area contributed by atoms with Crippen LogP contribution in [0.2, 0.25) is 0 Å². The Balaban J connectivity index is 1.30.